The molecule has 5 rings (SSSR count). The van der Waals surface area contributed by atoms with Crippen LogP contribution in [-0.2, 0) is 19.6 Å². The Balaban J connectivity index is 1.45. The van der Waals surface area contributed by atoms with Crippen LogP contribution in [0.1, 0.15) is 16.8 Å². The molecule has 0 radical (unpaired) electrons. The number of fused-ring (bicyclic) bond motifs is 2. The molecule has 0 bridgehead atoms. The van der Waals surface area contributed by atoms with Crippen LogP contribution in [0.4, 0.5) is 17.5 Å². The van der Waals surface area contributed by atoms with Crippen molar-refractivity contribution < 1.29 is 4.74 Å². The number of rotatable bonds is 6. The second kappa shape index (κ2) is 7.88. The van der Waals surface area contributed by atoms with Gasteiger partial charge in [0.2, 0.25) is 5.95 Å². The Hall–Kier alpha value is -3.65. The third kappa shape index (κ3) is 4.02. The van der Waals surface area contributed by atoms with Crippen molar-refractivity contribution in [1.29, 1.82) is 0 Å². The number of hydrogen-bond donors (Lipinski definition) is 2. The summed E-state index contributed by atoms with van der Waals surface area (Å²) in [6.45, 7) is 2.28. The molecule has 1 aliphatic rings. The molecule has 0 amide bonds. The number of nitrogens with zero attached hydrogens (tertiary/aromatic N) is 5. The van der Waals surface area contributed by atoms with E-state index in [0.29, 0.717) is 0 Å². The van der Waals surface area contributed by atoms with E-state index in [4.69, 9.17) is 14.7 Å². The van der Waals surface area contributed by atoms with Crippen LogP contribution in [0.5, 0.6) is 5.75 Å². The van der Waals surface area contributed by atoms with Crippen molar-refractivity contribution in [3.05, 3.63) is 65.5 Å². The Morgan fingerprint density at radius 3 is 2.77 bits per heavy atom. The lowest BCUT2D eigenvalue weighted by molar-refractivity contribution is 0.396. The highest BCUT2D eigenvalue weighted by Gasteiger charge is 2.23. The molecular formula is C23H25N7O. The van der Waals surface area contributed by atoms with E-state index in [-0.39, 0.29) is 0 Å². The maximum absolute atomic E-state index is 5.38. The minimum atomic E-state index is 0.724. The molecule has 3 heterocycles. The van der Waals surface area contributed by atoms with Gasteiger partial charge in [0.15, 0.2) is 0 Å². The lowest BCUT2D eigenvalue weighted by atomic mass is 10.1. The van der Waals surface area contributed by atoms with Crippen LogP contribution >= 0.6 is 0 Å². The van der Waals surface area contributed by atoms with Crippen LogP contribution in [0.15, 0.2) is 48.7 Å². The molecule has 0 unspecified atom stereocenters. The van der Waals surface area contributed by atoms with Gasteiger partial charge in [0.05, 0.1) is 24.5 Å². The predicted octanol–water partition coefficient (Wildman–Crippen LogP) is 3.69. The van der Waals surface area contributed by atoms with Crippen LogP contribution in [0.25, 0.3) is 10.9 Å². The SMILES string of the molecule is COc1ccc2c(c1)CN(c1nc(CN(C)C)cc(Nc3ccc4[nH]ncc4c3)n1)C2. The standard InChI is InChI=1S/C23H25N7O/c1-29(2)14-19-10-22(25-18-5-7-21-16(8-18)11-24-28-21)27-23(26-19)30-12-15-4-6-20(31-3)9-17(15)13-30/h4-11H,12-14H2,1-3H3,(H,24,28)(H,25,26,27). The van der Waals surface area contributed by atoms with E-state index >= 15 is 0 Å². The van der Waals surface area contributed by atoms with Crippen molar-refractivity contribution >= 4 is 28.4 Å². The average Bonchev–Trinajstić information content (AvgIpc) is 3.38. The molecule has 0 spiro atoms. The molecule has 4 aromatic rings. The Morgan fingerprint density at radius 2 is 1.94 bits per heavy atom. The number of anilines is 3. The molecule has 2 N–H and O–H groups in total. The number of benzene rings is 2. The molecule has 158 valence electrons. The van der Waals surface area contributed by atoms with Crippen molar-refractivity contribution in [3.8, 4) is 5.75 Å². The average molecular weight is 416 g/mol. The highest BCUT2D eigenvalue weighted by molar-refractivity contribution is 5.82. The lowest BCUT2D eigenvalue weighted by Gasteiger charge is -2.19. The van der Waals surface area contributed by atoms with Crippen LogP contribution in [0, 0.1) is 0 Å². The van der Waals surface area contributed by atoms with Crippen LogP contribution < -0.4 is 15.0 Å². The van der Waals surface area contributed by atoms with E-state index in [1.807, 2.05) is 44.6 Å². The van der Waals surface area contributed by atoms with Gasteiger partial charge in [-0.15, -0.1) is 0 Å². The van der Waals surface area contributed by atoms with Crippen molar-refractivity contribution in [1.82, 2.24) is 25.1 Å². The number of aromatic amines is 1. The number of nitrogens with one attached hydrogen (secondary N) is 2. The molecule has 0 aliphatic carbocycles. The third-order valence-corrected chi connectivity index (χ3v) is 5.38. The summed E-state index contributed by atoms with van der Waals surface area (Å²) in [5.74, 6) is 2.37. The van der Waals surface area contributed by atoms with Gasteiger partial charge in [0, 0.05) is 36.8 Å². The fourth-order valence-corrected chi connectivity index (χ4v) is 3.90. The zero-order valence-corrected chi connectivity index (χ0v) is 17.9. The van der Waals surface area contributed by atoms with Crippen molar-refractivity contribution in [2.45, 2.75) is 19.6 Å². The van der Waals surface area contributed by atoms with Gasteiger partial charge in [-0.1, -0.05) is 6.07 Å². The number of methoxy groups -OCH3 is 1. The maximum atomic E-state index is 5.38. The third-order valence-electron chi connectivity index (χ3n) is 5.38. The maximum Gasteiger partial charge on any atom is 0.228 e. The van der Waals surface area contributed by atoms with Gasteiger partial charge in [-0.2, -0.15) is 10.1 Å². The van der Waals surface area contributed by atoms with Gasteiger partial charge in [0.25, 0.3) is 0 Å². The zero-order chi connectivity index (χ0) is 21.4. The zero-order valence-electron chi connectivity index (χ0n) is 17.9. The number of H-pyrrole nitrogens is 1. The quantitative estimate of drug-likeness (QED) is 0.497. The smallest absolute Gasteiger partial charge is 0.228 e. The van der Waals surface area contributed by atoms with Crippen molar-refractivity contribution in [2.24, 2.45) is 0 Å². The Bertz CT molecular complexity index is 1230. The van der Waals surface area contributed by atoms with Crippen LogP contribution in [0.2, 0.25) is 0 Å². The summed E-state index contributed by atoms with van der Waals surface area (Å²) >= 11 is 0. The fourth-order valence-electron chi connectivity index (χ4n) is 3.90. The lowest BCUT2D eigenvalue weighted by Crippen LogP contribution is -2.20. The molecule has 0 saturated heterocycles. The van der Waals surface area contributed by atoms with E-state index in [1.165, 1.54) is 11.1 Å². The van der Waals surface area contributed by atoms with Gasteiger partial charge in [-0.25, -0.2) is 4.98 Å². The Morgan fingerprint density at radius 1 is 1.06 bits per heavy atom. The monoisotopic (exact) mass is 415 g/mol. The molecule has 31 heavy (non-hydrogen) atoms. The number of hydrogen-bond acceptors (Lipinski definition) is 7. The summed E-state index contributed by atoms with van der Waals surface area (Å²) in [6, 6.07) is 14.3. The van der Waals surface area contributed by atoms with Crippen molar-refractivity contribution in [3.63, 3.8) is 0 Å². The first-order valence-corrected chi connectivity index (χ1v) is 10.2. The van der Waals surface area contributed by atoms with Gasteiger partial charge < -0.3 is 19.9 Å². The second-order valence-electron chi connectivity index (χ2n) is 8.07. The highest BCUT2D eigenvalue weighted by atomic mass is 16.5. The Labute approximate surface area is 180 Å². The second-order valence-corrected chi connectivity index (χ2v) is 8.07. The fraction of sp³-hybridized carbons (Fsp3) is 0.261. The van der Waals surface area contributed by atoms with Gasteiger partial charge >= 0.3 is 0 Å². The van der Waals surface area contributed by atoms with E-state index < -0.39 is 0 Å². The van der Waals surface area contributed by atoms with Crippen molar-refractivity contribution in [2.75, 3.05) is 31.4 Å². The summed E-state index contributed by atoms with van der Waals surface area (Å²) in [7, 11) is 5.78. The van der Waals surface area contributed by atoms with E-state index in [0.717, 1.165) is 59.4 Å². The first kappa shape index (κ1) is 19.3. The van der Waals surface area contributed by atoms with Crippen LogP contribution in [0.3, 0.4) is 0 Å². The highest BCUT2D eigenvalue weighted by Crippen LogP contribution is 2.30. The van der Waals surface area contributed by atoms with Gasteiger partial charge in [0.1, 0.15) is 11.6 Å². The summed E-state index contributed by atoms with van der Waals surface area (Å²) in [5.41, 5.74) is 5.47. The molecule has 1 aliphatic heterocycles. The summed E-state index contributed by atoms with van der Waals surface area (Å²) < 4.78 is 5.38. The molecule has 0 saturated carbocycles. The molecule has 0 atom stereocenters. The summed E-state index contributed by atoms with van der Waals surface area (Å²) in [6.07, 6.45) is 1.82. The molecule has 2 aromatic carbocycles. The minimum Gasteiger partial charge on any atom is -0.497 e. The molecule has 0 fully saturated rings. The molecule has 2 aromatic heterocycles. The van der Waals surface area contributed by atoms with E-state index in [1.54, 1.807) is 7.11 Å². The minimum absolute atomic E-state index is 0.724. The molecular weight excluding hydrogens is 390 g/mol. The van der Waals surface area contributed by atoms with Gasteiger partial charge in [-0.05, 0) is 55.6 Å². The first-order valence-electron chi connectivity index (χ1n) is 10.2. The van der Waals surface area contributed by atoms with Gasteiger partial charge in [-0.3, -0.25) is 5.10 Å². The molecule has 8 heteroatoms. The number of ether oxygens (including phenoxy) is 1. The van der Waals surface area contributed by atoms with Crippen LogP contribution in [-0.4, -0.2) is 46.3 Å². The summed E-state index contributed by atoms with van der Waals surface area (Å²) in [5, 5.41) is 11.6. The normalized spacial score (nSPS) is 13.1. The molecule has 8 nitrogen and oxygen atoms in total. The van der Waals surface area contributed by atoms with E-state index in [9.17, 15) is 0 Å². The topological polar surface area (TPSA) is 82.2 Å². The Kier molecular flexibility index (Phi) is 4.91. The predicted molar refractivity (Wildman–Crippen MR) is 122 cm³/mol. The number of aromatic nitrogens is 4. The summed E-state index contributed by atoms with van der Waals surface area (Å²) in [4.78, 5) is 14.0. The van der Waals surface area contributed by atoms with E-state index in [2.05, 4.69) is 43.5 Å². The largest absolute Gasteiger partial charge is 0.497 e. The first-order chi connectivity index (χ1) is 15.1.